The summed E-state index contributed by atoms with van der Waals surface area (Å²) in [5.74, 6) is -1.80. The van der Waals surface area contributed by atoms with Crippen molar-refractivity contribution in [3.8, 4) is 17.3 Å². The number of para-hydroxylation sites is 1. The van der Waals surface area contributed by atoms with Crippen molar-refractivity contribution in [1.82, 2.24) is 29.7 Å². The lowest BCUT2D eigenvalue weighted by molar-refractivity contribution is -0.137. The summed E-state index contributed by atoms with van der Waals surface area (Å²) in [6.07, 6.45) is -2.71. The molecular weight excluding hydrogens is 521 g/mol. The average molecular weight is 541 g/mol. The van der Waals surface area contributed by atoms with E-state index in [1.54, 1.807) is 38.1 Å². The van der Waals surface area contributed by atoms with Gasteiger partial charge in [0.05, 0.1) is 18.7 Å². The van der Waals surface area contributed by atoms with Crippen LogP contribution in [0, 0.1) is 18.6 Å². The molecule has 3 aromatic heterocycles. The van der Waals surface area contributed by atoms with Gasteiger partial charge in [-0.15, -0.1) is 0 Å². The summed E-state index contributed by atoms with van der Waals surface area (Å²) >= 11 is 0. The van der Waals surface area contributed by atoms with Crippen molar-refractivity contribution < 1.29 is 26.7 Å². The summed E-state index contributed by atoms with van der Waals surface area (Å²) in [5.41, 5.74) is -0.754. The van der Waals surface area contributed by atoms with Crippen LogP contribution in [-0.4, -0.2) is 36.3 Å². The lowest BCUT2D eigenvalue weighted by Crippen LogP contribution is -2.13. The molecule has 8 nitrogen and oxygen atoms in total. The van der Waals surface area contributed by atoms with Gasteiger partial charge >= 0.3 is 6.18 Å². The number of alkyl halides is 3. The Hall–Kier alpha value is -4.68. The van der Waals surface area contributed by atoms with Crippen LogP contribution in [0.4, 0.5) is 33.6 Å². The minimum atomic E-state index is -4.76. The van der Waals surface area contributed by atoms with Crippen LogP contribution in [0.5, 0.6) is 5.75 Å². The van der Waals surface area contributed by atoms with Crippen molar-refractivity contribution in [2.75, 3.05) is 11.9 Å². The van der Waals surface area contributed by atoms with Crippen LogP contribution < -0.4 is 10.1 Å². The van der Waals surface area contributed by atoms with Gasteiger partial charge in [0.25, 0.3) is 0 Å². The van der Waals surface area contributed by atoms with Gasteiger partial charge in [0.1, 0.15) is 46.1 Å². The minimum Gasteiger partial charge on any atom is -0.494 e. The van der Waals surface area contributed by atoms with Gasteiger partial charge in [-0.05, 0) is 26.0 Å². The van der Waals surface area contributed by atoms with Crippen molar-refractivity contribution in [2.24, 2.45) is 0 Å². The quantitative estimate of drug-likeness (QED) is 0.250. The molecule has 1 N–H and O–H groups in total. The average Bonchev–Trinajstić information content (AvgIpc) is 3.24. The van der Waals surface area contributed by atoms with Crippen molar-refractivity contribution >= 4 is 22.5 Å². The molecule has 0 aliphatic carbocycles. The maximum Gasteiger partial charge on any atom is 0.421 e. The molecule has 0 fully saturated rings. The van der Waals surface area contributed by atoms with E-state index in [1.165, 1.54) is 16.9 Å². The SMILES string of the molecule is CCOc1cc(F)c(Cn2nc(-c3ncc(C(F)(F)F)c(Nc4ccnc(C)n4)n3)c3ccccc32)c(F)c1. The predicted octanol–water partition coefficient (Wildman–Crippen LogP) is 6.08. The number of nitrogens with one attached hydrogen (secondary N) is 1. The molecule has 0 aliphatic rings. The van der Waals surface area contributed by atoms with Crippen LogP contribution >= 0.6 is 0 Å². The van der Waals surface area contributed by atoms with Gasteiger partial charge in [0, 0.05) is 35.5 Å². The molecule has 5 rings (SSSR count). The third kappa shape index (κ3) is 5.33. The molecule has 0 saturated carbocycles. The molecular formula is C26H20F5N7O. The predicted molar refractivity (Wildman–Crippen MR) is 132 cm³/mol. The zero-order chi connectivity index (χ0) is 27.7. The Labute approximate surface area is 218 Å². The minimum absolute atomic E-state index is 0.0549. The second kappa shape index (κ2) is 10.2. The van der Waals surface area contributed by atoms with E-state index in [2.05, 4.69) is 30.4 Å². The summed E-state index contributed by atoms with van der Waals surface area (Å²) in [7, 11) is 0. The number of anilines is 2. The third-order valence-corrected chi connectivity index (χ3v) is 5.72. The van der Waals surface area contributed by atoms with E-state index in [1.807, 2.05) is 0 Å². The molecule has 2 aromatic carbocycles. The van der Waals surface area contributed by atoms with Crippen molar-refractivity contribution in [3.05, 3.63) is 83.4 Å². The Bertz CT molecular complexity index is 1650. The molecule has 0 radical (unpaired) electrons. The lowest BCUT2D eigenvalue weighted by Gasteiger charge is -2.13. The number of ether oxygens (including phenoxy) is 1. The first-order valence-corrected chi connectivity index (χ1v) is 11.7. The van der Waals surface area contributed by atoms with Gasteiger partial charge in [-0.2, -0.15) is 18.3 Å². The van der Waals surface area contributed by atoms with E-state index >= 15 is 0 Å². The fraction of sp³-hybridized carbons (Fsp3) is 0.192. The first-order valence-electron chi connectivity index (χ1n) is 11.7. The molecule has 0 aliphatic heterocycles. The molecule has 39 heavy (non-hydrogen) atoms. The Morgan fingerprint density at radius 2 is 1.74 bits per heavy atom. The van der Waals surface area contributed by atoms with Gasteiger partial charge in [-0.3, -0.25) is 4.68 Å². The van der Waals surface area contributed by atoms with Crippen LogP contribution in [0.25, 0.3) is 22.4 Å². The number of fused-ring (bicyclic) bond motifs is 1. The molecule has 200 valence electrons. The topological polar surface area (TPSA) is 90.6 Å². The highest BCUT2D eigenvalue weighted by Gasteiger charge is 2.36. The first kappa shape index (κ1) is 25.9. The molecule has 13 heteroatoms. The van der Waals surface area contributed by atoms with E-state index in [0.29, 0.717) is 22.9 Å². The summed E-state index contributed by atoms with van der Waals surface area (Å²) in [6, 6.07) is 10.3. The number of hydrogen-bond acceptors (Lipinski definition) is 7. The highest BCUT2D eigenvalue weighted by molar-refractivity contribution is 5.91. The van der Waals surface area contributed by atoms with E-state index in [-0.39, 0.29) is 41.8 Å². The number of benzene rings is 2. The van der Waals surface area contributed by atoms with Crippen molar-refractivity contribution in [2.45, 2.75) is 26.6 Å². The van der Waals surface area contributed by atoms with Gasteiger partial charge in [0.2, 0.25) is 0 Å². The largest absolute Gasteiger partial charge is 0.494 e. The number of nitrogens with zero attached hydrogens (tertiary/aromatic N) is 6. The molecule has 0 unspecified atom stereocenters. The van der Waals surface area contributed by atoms with E-state index < -0.39 is 29.2 Å². The molecule has 0 atom stereocenters. The highest BCUT2D eigenvalue weighted by atomic mass is 19.4. The van der Waals surface area contributed by atoms with Crippen LogP contribution in [0.3, 0.4) is 0 Å². The number of aryl methyl sites for hydroxylation is 1. The maximum absolute atomic E-state index is 14.8. The molecule has 0 saturated heterocycles. The van der Waals surface area contributed by atoms with Crippen molar-refractivity contribution in [3.63, 3.8) is 0 Å². The molecule has 0 bridgehead atoms. The maximum atomic E-state index is 14.8. The standard InChI is InChI=1S/C26H20F5N7O/c1-3-39-15-10-19(27)17(20(28)11-15)13-38-21-7-5-4-6-16(21)23(37-38)25-33-12-18(26(29,30)31)24(36-25)35-22-8-9-32-14(2)34-22/h4-12H,3,13H2,1-2H3,(H,32,33,34,35,36). The Balaban J connectivity index is 1.60. The molecule has 0 spiro atoms. The zero-order valence-corrected chi connectivity index (χ0v) is 20.6. The first-order chi connectivity index (χ1) is 18.6. The molecule has 5 aromatic rings. The van der Waals surface area contributed by atoms with Gasteiger partial charge in [-0.25, -0.2) is 28.7 Å². The number of hydrogen-bond donors (Lipinski definition) is 1. The van der Waals surface area contributed by atoms with Crippen LogP contribution in [-0.2, 0) is 12.7 Å². The highest BCUT2D eigenvalue weighted by Crippen LogP contribution is 2.36. The van der Waals surface area contributed by atoms with Gasteiger partial charge in [0.15, 0.2) is 5.82 Å². The fourth-order valence-corrected chi connectivity index (χ4v) is 3.99. The monoisotopic (exact) mass is 541 g/mol. The van der Waals surface area contributed by atoms with Crippen LogP contribution in [0.15, 0.2) is 54.9 Å². The number of aromatic nitrogens is 6. The smallest absolute Gasteiger partial charge is 0.421 e. The second-order valence-electron chi connectivity index (χ2n) is 8.39. The summed E-state index contributed by atoms with van der Waals surface area (Å²) in [5, 5.41) is 7.51. The normalized spacial score (nSPS) is 11.7. The Morgan fingerprint density at radius 1 is 1.00 bits per heavy atom. The summed E-state index contributed by atoms with van der Waals surface area (Å²) in [4.78, 5) is 16.1. The summed E-state index contributed by atoms with van der Waals surface area (Å²) < 4.78 is 77.4. The van der Waals surface area contributed by atoms with Gasteiger partial charge < -0.3 is 10.1 Å². The Kier molecular flexibility index (Phi) is 6.81. The molecule has 0 amide bonds. The second-order valence-corrected chi connectivity index (χ2v) is 8.39. The van der Waals surface area contributed by atoms with E-state index in [4.69, 9.17) is 4.74 Å². The third-order valence-electron chi connectivity index (χ3n) is 5.72. The Morgan fingerprint density at radius 3 is 2.44 bits per heavy atom. The van der Waals surface area contributed by atoms with Crippen LogP contribution in [0.1, 0.15) is 23.9 Å². The zero-order valence-electron chi connectivity index (χ0n) is 20.6. The van der Waals surface area contributed by atoms with E-state index in [9.17, 15) is 22.0 Å². The van der Waals surface area contributed by atoms with Gasteiger partial charge in [-0.1, -0.05) is 18.2 Å². The number of rotatable bonds is 7. The van der Waals surface area contributed by atoms with Crippen LogP contribution in [0.2, 0.25) is 0 Å². The lowest BCUT2D eigenvalue weighted by atomic mass is 10.1. The summed E-state index contributed by atoms with van der Waals surface area (Å²) in [6.45, 7) is 3.23. The number of halogens is 5. The molecule has 3 heterocycles. The van der Waals surface area contributed by atoms with E-state index in [0.717, 1.165) is 12.1 Å². The fourth-order valence-electron chi connectivity index (χ4n) is 3.99. The van der Waals surface area contributed by atoms with Crippen molar-refractivity contribution in [1.29, 1.82) is 0 Å².